The van der Waals surface area contributed by atoms with Crippen LogP contribution in [0, 0.1) is 36.0 Å². The number of esters is 4. The van der Waals surface area contributed by atoms with Crippen LogP contribution in [0.25, 0.3) is 22.1 Å². The summed E-state index contributed by atoms with van der Waals surface area (Å²) in [5.41, 5.74) is 20.0. The molecule has 0 aromatic carbocycles. The van der Waals surface area contributed by atoms with Crippen molar-refractivity contribution in [1.29, 1.82) is 0 Å². The van der Waals surface area contributed by atoms with Gasteiger partial charge in [-0.1, -0.05) is 23.7 Å². The molecule has 3 amide bonds. The molecule has 4 aromatic heterocycles. The molecular weight excluding hydrogens is 1460 g/mol. The number of hydroxylamine groups is 3. The van der Waals surface area contributed by atoms with Crippen LogP contribution < -0.4 is 39.7 Å². The molecule has 4 aromatic rings. The number of hydrogen-bond acceptors (Lipinski definition) is 36. The fourth-order valence-electron chi connectivity index (χ4n) is 7.89. The first-order valence-electron chi connectivity index (χ1n) is 30.1. The molecule has 578 valence electrons. The van der Waals surface area contributed by atoms with E-state index in [2.05, 4.69) is 124 Å². The predicted octanol–water partition coefficient (Wildman–Crippen LogP) is -2.44. The number of carboxylic acids is 1. The molecule has 0 aliphatic carbocycles. The number of aromatic nitrogens is 6. The molecule has 6 heterocycles. The highest BCUT2D eigenvalue weighted by Gasteiger charge is 2.43. The molecule has 0 bridgehead atoms. The fourth-order valence-corrected chi connectivity index (χ4v) is 10.9. The summed E-state index contributed by atoms with van der Waals surface area (Å²) in [4.78, 5) is 162. The number of nitrogens with one attached hydrogen (secondary N) is 3. The van der Waals surface area contributed by atoms with Crippen LogP contribution >= 0.6 is 23.5 Å². The molecule has 2 aliphatic heterocycles. The minimum Gasteiger partial charge on any atom is -0.479 e. The molecule has 0 spiro atoms. The van der Waals surface area contributed by atoms with Gasteiger partial charge in [-0.2, -0.15) is 8.62 Å². The topological polar surface area (TPSA) is 680 Å². The zero-order valence-corrected chi connectivity index (χ0v) is 58.6. The van der Waals surface area contributed by atoms with E-state index in [9.17, 15) is 77.2 Å². The van der Waals surface area contributed by atoms with Crippen molar-refractivity contribution in [1.82, 2.24) is 45.5 Å². The number of aliphatic hydroxyl groups excluding tert-OH is 3. The second-order valence-electron chi connectivity index (χ2n) is 19.7. The summed E-state index contributed by atoms with van der Waals surface area (Å²) in [5, 5.41) is 38.4. The molecule has 8 atom stereocenters. The number of rotatable bonds is 33. The van der Waals surface area contributed by atoms with Gasteiger partial charge in [0.1, 0.15) is 60.2 Å². The quantitative estimate of drug-likeness (QED) is 0.00774. The Balaban J connectivity index is 0.000000528. The van der Waals surface area contributed by atoms with E-state index >= 15 is 0 Å². The molecule has 104 heavy (non-hydrogen) atoms. The molecule has 19 N–H and O–H groups in total. The molecule has 2 fully saturated rings. The zero-order valence-electron chi connectivity index (χ0n) is 55.9. The highest BCUT2D eigenvalue weighted by atomic mass is 31.3. The lowest BCUT2D eigenvalue weighted by atomic mass is 10.2. The third-order valence-electron chi connectivity index (χ3n) is 12.0. The number of hydrogen-bond donors (Lipinski definition) is 15. The molecule has 8 unspecified atom stereocenters. The highest BCUT2D eigenvalue weighted by molar-refractivity contribution is 7.66. The number of nitrogen functional groups attached to an aromatic ring is 2. The maximum Gasteiger partial charge on any atom is 0.490 e. The molecule has 2 aliphatic rings. The maximum atomic E-state index is 12.0. The van der Waals surface area contributed by atoms with Gasteiger partial charge in [-0.3, -0.25) is 43.1 Å². The second kappa shape index (κ2) is 48.3. The number of nitrogens with zero attached hydrogens (tertiary/aromatic N) is 6. The average molecular weight is 1540 g/mol. The van der Waals surface area contributed by atoms with E-state index in [0.29, 0.717) is 40.6 Å². The monoisotopic (exact) mass is 1540 g/mol. The van der Waals surface area contributed by atoms with Gasteiger partial charge < -0.3 is 89.0 Å². The van der Waals surface area contributed by atoms with Gasteiger partial charge in [0.2, 0.25) is 17.7 Å². The average Bonchev–Trinajstić information content (AvgIpc) is 1.63. The van der Waals surface area contributed by atoms with E-state index < -0.39 is 122 Å². The van der Waals surface area contributed by atoms with Gasteiger partial charge in [0.15, 0.2) is 33.0 Å². The highest BCUT2D eigenvalue weighted by Crippen LogP contribution is 2.66. The number of carbonyl (C=O) groups excluding carboxylic acids is 7. The molecule has 2 saturated heterocycles. The molecule has 49 heteroatoms. The Morgan fingerprint density at radius 1 is 0.587 bits per heavy atom. The van der Waals surface area contributed by atoms with Gasteiger partial charge in [-0.15, -0.1) is 12.3 Å². The molecule has 6 rings (SSSR count). The van der Waals surface area contributed by atoms with Crippen LogP contribution in [0.4, 0.5) is 11.6 Å². The van der Waals surface area contributed by atoms with Crippen LogP contribution in [0.3, 0.4) is 0 Å². The number of aliphatic hydroxyl groups is 3. The van der Waals surface area contributed by atoms with E-state index in [-0.39, 0.29) is 114 Å². The Kier molecular flexibility index (Phi) is 42.4. The normalized spacial score (nSPS) is 17.5. The number of anilines is 2. The number of aliphatic carboxylic acids is 1. The molecule has 46 nitrogen and oxygen atoms in total. The van der Waals surface area contributed by atoms with E-state index in [1.165, 1.54) is 23.4 Å². The van der Waals surface area contributed by atoms with Crippen molar-refractivity contribution < 1.29 is 158 Å². The van der Waals surface area contributed by atoms with Crippen molar-refractivity contribution in [3.63, 3.8) is 0 Å². The maximum absolute atomic E-state index is 12.0. The van der Waals surface area contributed by atoms with Crippen LogP contribution in [0.15, 0.2) is 25.0 Å². The molecule has 0 saturated carbocycles. The summed E-state index contributed by atoms with van der Waals surface area (Å²) < 4.78 is 79.1. The number of carboxylic acid groups (broad SMARTS) is 1. The number of terminal acetylenes is 1. The number of ether oxygens (including phenoxy) is 6. The van der Waals surface area contributed by atoms with E-state index in [0.717, 1.165) is 0 Å². The minimum atomic E-state index is -5.72. The lowest BCUT2D eigenvalue weighted by Crippen LogP contribution is -2.27. The van der Waals surface area contributed by atoms with Crippen LogP contribution in [0.5, 0.6) is 0 Å². The number of amides is 3. The van der Waals surface area contributed by atoms with Crippen molar-refractivity contribution in [3.05, 3.63) is 36.2 Å². The van der Waals surface area contributed by atoms with Gasteiger partial charge in [0.05, 0.1) is 73.7 Å². The minimum absolute atomic E-state index is 0.0521. The van der Waals surface area contributed by atoms with Crippen molar-refractivity contribution in [3.8, 4) is 36.0 Å². The smallest absolute Gasteiger partial charge is 0.479 e. The van der Waals surface area contributed by atoms with Crippen LogP contribution in [-0.2, 0) is 118 Å². The largest absolute Gasteiger partial charge is 0.490 e. The first-order valence-corrected chi connectivity index (χ1v) is 34.6. The number of phosphoric ester groups is 1. The lowest BCUT2D eigenvalue weighted by molar-refractivity contribution is -0.155. The Morgan fingerprint density at radius 2 is 0.971 bits per heavy atom. The lowest BCUT2D eigenvalue weighted by Gasteiger charge is -2.19. The number of carbonyl (C=O) groups is 8. The summed E-state index contributed by atoms with van der Waals surface area (Å²) in [6.45, 7) is 4.84. The first kappa shape index (κ1) is 91.3. The van der Waals surface area contributed by atoms with Gasteiger partial charge in [-0.05, 0) is 27.7 Å². The second-order valence-corrected chi connectivity index (χ2v) is 24.2. The van der Waals surface area contributed by atoms with Crippen molar-refractivity contribution in [2.75, 3.05) is 84.1 Å². The summed E-state index contributed by atoms with van der Waals surface area (Å²) >= 11 is 0. The number of fused-ring (bicyclic) bond motifs is 2. The van der Waals surface area contributed by atoms with Crippen molar-refractivity contribution in [2.45, 2.75) is 116 Å². The predicted molar refractivity (Wildman–Crippen MR) is 347 cm³/mol. The van der Waals surface area contributed by atoms with Gasteiger partial charge >= 0.3 is 53.3 Å². The number of nitrogens with two attached hydrogens (primary N) is 4. The van der Waals surface area contributed by atoms with E-state index in [1.807, 2.05) is 0 Å². The van der Waals surface area contributed by atoms with Crippen LogP contribution in [-0.4, -0.2) is 214 Å². The van der Waals surface area contributed by atoms with E-state index in [4.69, 9.17) is 51.9 Å². The SMILES string of the molecule is C#CCCC(=O)NOCC(=O)OCC.CCOC(=O)CON.CCOC(=O)CONC(=O)CCC#Cc1cn(C2CC(O)C(CO)O2)c2ncnc(N)c12.CCOC(=O)CONC(=O)CCC#Cc1cn(C2CC(O)C(COP(=O)(O)OP(=O)(O)OP(=O)(O)O)O2)c2ncnc(N)c12.NOCC(=O)O. The van der Waals surface area contributed by atoms with Crippen molar-refractivity contribution in [2.24, 2.45) is 11.8 Å². The molecule has 0 radical (unpaired) electrons. The Bertz CT molecular complexity index is 3780. The third-order valence-corrected chi connectivity index (χ3v) is 15.8. The standard InChI is InChI=1S/C20H28N5O16P3.C20H25N5O7.C9H13NO4.C4H9NO3.C2H5NO3/c1-2-36-17(28)10-37-24-15(27)6-4-3-5-12-8-25(20-18(12)19(21)22-11-23-20)16-7-13(26)14(39-16)9-38-43(32,33)41-44(34,35)40-42(29,30)31;1-2-30-17(29)10-31-24-15(28)6-4-3-5-12-8-25(16-7-13(27)14(9-26)32-16)20-18(12)19(21)22-11-23-20;1-3-5-6-8(11)10-14-7-9(12)13-4-2;1-2-7-4(6)3-8-5;3-6-1-2(4)5/h8,11,13-14,16,26H,2,4,6-7,9-10H2,1H3,(H,24,27)(H,32,33)(H,34,35)(H2,21,22,23)(H2,29,30,31);8,11,13-14,16,26-27H,2,4,6-7,9-10H2,1H3,(H,24,28)(H2,21,22,23);1H,4-7H2,2H3,(H,10,11);2-3,5H2,1H3;1,3H2,(H,4,5). The van der Waals surface area contributed by atoms with Gasteiger partial charge in [0, 0.05) is 63.8 Å². The third kappa shape index (κ3) is 35.6. The van der Waals surface area contributed by atoms with Gasteiger partial charge in [-0.25, -0.2) is 85.8 Å². The summed E-state index contributed by atoms with van der Waals surface area (Å²) in [5.74, 6) is 18.5. The summed E-state index contributed by atoms with van der Waals surface area (Å²) in [7, 11) is -16.7. The zero-order chi connectivity index (χ0) is 78.0. The summed E-state index contributed by atoms with van der Waals surface area (Å²) in [6.07, 6.45) is 6.03. The van der Waals surface area contributed by atoms with Gasteiger partial charge in [0.25, 0.3) is 0 Å². The van der Waals surface area contributed by atoms with E-state index in [1.54, 1.807) is 38.5 Å². The Hall–Kier alpha value is -8.79. The Labute approximate surface area is 590 Å². The van der Waals surface area contributed by atoms with Crippen LogP contribution in [0.1, 0.15) is 103 Å². The van der Waals surface area contributed by atoms with Crippen LogP contribution in [0.2, 0.25) is 0 Å². The number of phosphoric acid groups is 3. The van der Waals surface area contributed by atoms with Crippen molar-refractivity contribution >= 4 is 105 Å². The molecular formula is C55H80N13O33P3. The fraction of sp³-hybridized carbons (Fsp3) is 0.527. The first-order chi connectivity index (χ1) is 49.2. The Morgan fingerprint density at radius 3 is 1.32 bits per heavy atom. The summed E-state index contributed by atoms with van der Waals surface area (Å²) in [6, 6.07) is 0.